The first-order valence-electron chi connectivity index (χ1n) is 9.94. The minimum atomic E-state index is -0.222. The van der Waals surface area contributed by atoms with Gasteiger partial charge in [0.05, 0.1) is 6.61 Å². The van der Waals surface area contributed by atoms with E-state index in [1.54, 1.807) is 12.1 Å². The van der Waals surface area contributed by atoms with Gasteiger partial charge in [0, 0.05) is 49.3 Å². The van der Waals surface area contributed by atoms with Crippen molar-refractivity contribution in [3.63, 3.8) is 0 Å². The molecule has 152 valence electrons. The van der Waals surface area contributed by atoms with Crippen LogP contribution in [0.15, 0.2) is 48.5 Å². The molecule has 1 saturated heterocycles. The molecule has 0 aliphatic carbocycles. The first kappa shape index (κ1) is 19.6. The van der Waals surface area contributed by atoms with E-state index in [4.69, 9.17) is 9.72 Å². The van der Waals surface area contributed by atoms with Gasteiger partial charge in [0.25, 0.3) is 0 Å². The highest BCUT2D eigenvalue weighted by atomic mass is 32.1. The van der Waals surface area contributed by atoms with Gasteiger partial charge in [-0.3, -0.25) is 0 Å². The summed E-state index contributed by atoms with van der Waals surface area (Å²) in [6.45, 7) is 7.65. The fraction of sp³-hybridized carbons (Fsp3) is 0.364. The smallest absolute Gasteiger partial charge is 0.205 e. The van der Waals surface area contributed by atoms with Crippen LogP contribution in [0, 0.1) is 5.82 Å². The van der Waals surface area contributed by atoms with Gasteiger partial charge in [-0.05, 0) is 55.8 Å². The minimum Gasteiger partial charge on any atom is -0.494 e. The zero-order valence-electron chi connectivity index (χ0n) is 16.7. The molecule has 1 fully saturated rings. The van der Waals surface area contributed by atoms with Crippen LogP contribution in [-0.2, 0) is 6.42 Å². The van der Waals surface area contributed by atoms with Crippen molar-refractivity contribution in [3.05, 3.63) is 65.7 Å². The van der Waals surface area contributed by atoms with E-state index in [9.17, 15) is 4.39 Å². The summed E-state index contributed by atoms with van der Waals surface area (Å²) in [6, 6.07) is 15.2. The summed E-state index contributed by atoms with van der Waals surface area (Å²) in [6.07, 6.45) is 0.623. The molecule has 4 rings (SSSR count). The molecule has 0 bridgehead atoms. The number of ether oxygens (including phenoxy) is 1. The van der Waals surface area contributed by atoms with Crippen molar-refractivity contribution < 1.29 is 9.13 Å². The summed E-state index contributed by atoms with van der Waals surface area (Å²) in [7, 11) is 0. The highest BCUT2D eigenvalue weighted by Crippen LogP contribution is 2.27. The summed E-state index contributed by atoms with van der Waals surface area (Å²) in [5.74, 6) is 1.48. The third-order valence-electron chi connectivity index (χ3n) is 5.11. The molecule has 0 N–H and O–H groups in total. The van der Waals surface area contributed by atoms with E-state index in [0.29, 0.717) is 19.1 Å². The van der Waals surface area contributed by atoms with Gasteiger partial charge in [-0.15, -0.1) is 0 Å². The topological polar surface area (TPSA) is 41.5 Å². The van der Waals surface area contributed by atoms with Crippen molar-refractivity contribution in [1.82, 2.24) is 9.36 Å². The molecular formula is C22H25FN4OS. The van der Waals surface area contributed by atoms with Crippen molar-refractivity contribution >= 4 is 22.4 Å². The van der Waals surface area contributed by atoms with Crippen LogP contribution in [0.3, 0.4) is 0 Å². The Kier molecular flexibility index (Phi) is 5.94. The van der Waals surface area contributed by atoms with E-state index < -0.39 is 0 Å². The van der Waals surface area contributed by atoms with Gasteiger partial charge in [0.1, 0.15) is 17.4 Å². The largest absolute Gasteiger partial charge is 0.494 e. The highest BCUT2D eigenvalue weighted by Gasteiger charge is 2.26. The Labute approximate surface area is 174 Å². The predicted molar refractivity (Wildman–Crippen MR) is 116 cm³/mol. The fourth-order valence-electron chi connectivity index (χ4n) is 3.65. The summed E-state index contributed by atoms with van der Waals surface area (Å²) < 4.78 is 23.1. The molecule has 2 aromatic carbocycles. The van der Waals surface area contributed by atoms with E-state index >= 15 is 0 Å². The third-order valence-corrected chi connectivity index (χ3v) is 5.93. The van der Waals surface area contributed by atoms with Crippen molar-refractivity contribution in [3.8, 4) is 5.75 Å². The van der Waals surface area contributed by atoms with Gasteiger partial charge in [0.15, 0.2) is 0 Å². The molecule has 1 aliphatic rings. The van der Waals surface area contributed by atoms with Crippen LogP contribution in [0.4, 0.5) is 15.2 Å². The van der Waals surface area contributed by atoms with Crippen molar-refractivity contribution in [2.24, 2.45) is 0 Å². The van der Waals surface area contributed by atoms with Gasteiger partial charge in [-0.25, -0.2) is 9.37 Å². The molecule has 29 heavy (non-hydrogen) atoms. The molecule has 2 heterocycles. The monoisotopic (exact) mass is 412 g/mol. The van der Waals surface area contributed by atoms with Crippen LogP contribution in [0.5, 0.6) is 5.75 Å². The zero-order chi connectivity index (χ0) is 20.2. The second kappa shape index (κ2) is 8.78. The Morgan fingerprint density at radius 1 is 1.10 bits per heavy atom. The average molecular weight is 413 g/mol. The maximum absolute atomic E-state index is 13.1. The highest BCUT2D eigenvalue weighted by molar-refractivity contribution is 7.09. The fourth-order valence-corrected chi connectivity index (χ4v) is 4.37. The second-order valence-electron chi connectivity index (χ2n) is 7.21. The van der Waals surface area contributed by atoms with Gasteiger partial charge in [-0.2, -0.15) is 4.37 Å². The normalized spacial score (nSPS) is 16.9. The number of halogens is 1. The summed E-state index contributed by atoms with van der Waals surface area (Å²) in [4.78, 5) is 9.45. The predicted octanol–water partition coefficient (Wildman–Crippen LogP) is 4.38. The molecule has 3 aromatic rings. The Balaban J connectivity index is 1.38. The van der Waals surface area contributed by atoms with Crippen LogP contribution in [0.25, 0.3) is 0 Å². The molecular weight excluding hydrogens is 387 g/mol. The van der Waals surface area contributed by atoms with E-state index in [0.717, 1.165) is 41.9 Å². The van der Waals surface area contributed by atoms with Gasteiger partial charge >= 0.3 is 0 Å². The maximum Gasteiger partial charge on any atom is 0.205 e. The van der Waals surface area contributed by atoms with E-state index in [2.05, 4.69) is 33.2 Å². The van der Waals surface area contributed by atoms with Crippen LogP contribution >= 0.6 is 11.5 Å². The SMILES string of the molecule is CCOc1ccc(N2CCN(c3nc(Cc4ccc(F)cc4)ns3)CC2C)cc1. The van der Waals surface area contributed by atoms with Gasteiger partial charge in [-0.1, -0.05) is 12.1 Å². The number of rotatable bonds is 6. The number of benzene rings is 2. The molecule has 7 heteroatoms. The van der Waals surface area contributed by atoms with Crippen molar-refractivity contribution in [1.29, 1.82) is 0 Å². The lowest BCUT2D eigenvalue weighted by molar-refractivity contribution is 0.340. The van der Waals surface area contributed by atoms with Crippen LogP contribution in [0.1, 0.15) is 25.2 Å². The quantitative estimate of drug-likeness (QED) is 0.601. The number of aromatic nitrogens is 2. The lowest BCUT2D eigenvalue weighted by Gasteiger charge is -2.41. The first-order valence-corrected chi connectivity index (χ1v) is 10.7. The Morgan fingerprint density at radius 3 is 2.55 bits per heavy atom. The number of piperazine rings is 1. The third kappa shape index (κ3) is 4.67. The van der Waals surface area contributed by atoms with Crippen LogP contribution in [0.2, 0.25) is 0 Å². The minimum absolute atomic E-state index is 0.222. The number of hydrogen-bond donors (Lipinski definition) is 0. The Bertz CT molecular complexity index is 929. The average Bonchev–Trinajstić information content (AvgIpc) is 3.19. The molecule has 5 nitrogen and oxygen atoms in total. The number of anilines is 2. The Morgan fingerprint density at radius 2 is 1.86 bits per heavy atom. The summed E-state index contributed by atoms with van der Waals surface area (Å²) in [5, 5.41) is 0.959. The lowest BCUT2D eigenvalue weighted by Crippen LogP contribution is -2.52. The lowest BCUT2D eigenvalue weighted by atomic mass is 10.1. The zero-order valence-corrected chi connectivity index (χ0v) is 17.5. The molecule has 0 saturated carbocycles. The van der Waals surface area contributed by atoms with Gasteiger partial charge < -0.3 is 14.5 Å². The molecule has 1 atom stereocenters. The molecule has 0 spiro atoms. The van der Waals surface area contributed by atoms with Crippen molar-refractivity contribution in [2.45, 2.75) is 26.3 Å². The van der Waals surface area contributed by atoms with Crippen LogP contribution in [-0.4, -0.2) is 41.6 Å². The number of nitrogens with zero attached hydrogens (tertiary/aromatic N) is 4. The van der Waals surface area contributed by atoms with Crippen molar-refractivity contribution in [2.75, 3.05) is 36.0 Å². The molecule has 1 aromatic heterocycles. The van der Waals surface area contributed by atoms with Crippen LogP contribution < -0.4 is 14.5 Å². The van der Waals surface area contributed by atoms with E-state index in [1.165, 1.54) is 29.4 Å². The van der Waals surface area contributed by atoms with Gasteiger partial charge in [0.2, 0.25) is 5.13 Å². The van der Waals surface area contributed by atoms with E-state index in [-0.39, 0.29) is 5.82 Å². The second-order valence-corrected chi connectivity index (χ2v) is 7.94. The summed E-state index contributed by atoms with van der Waals surface area (Å²) in [5.41, 5.74) is 2.24. The standard InChI is InChI=1S/C22H25FN4OS/c1-3-28-20-10-8-19(9-11-20)27-13-12-26(15-16(27)2)22-24-21(25-29-22)14-17-4-6-18(23)7-5-17/h4-11,16H,3,12-15H2,1-2H3. The maximum atomic E-state index is 13.1. The first-order chi connectivity index (χ1) is 14.1. The van der Waals surface area contributed by atoms with E-state index in [1.807, 2.05) is 19.1 Å². The molecule has 0 amide bonds. The molecule has 0 radical (unpaired) electrons. The Hall–Kier alpha value is -2.67. The molecule has 1 unspecified atom stereocenters. The number of hydrogen-bond acceptors (Lipinski definition) is 6. The molecule has 1 aliphatic heterocycles. The summed E-state index contributed by atoms with van der Waals surface area (Å²) >= 11 is 1.44.